The summed E-state index contributed by atoms with van der Waals surface area (Å²) in [6.45, 7) is -2.06. The molecule has 108 valence electrons. The molecule has 0 aliphatic heterocycles. The number of halogens is 4. The van der Waals surface area contributed by atoms with Gasteiger partial charge in [-0.2, -0.15) is 13.2 Å². The molecule has 0 saturated heterocycles. The first kappa shape index (κ1) is 16.1. The molecule has 0 heterocycles. The highest BCUT2D eigenvalue weighted by Gasteiger charge is 2.28. The van der Waals surface area contributed by atoms with Crippen LogP contribution in [0.1, 0.15) is 0 Å². The van der Waals surface area contributed by atoms with Crippen LogP contribution in [0.2, 0.25) is 5.02 Å². The molecule has 0 aliphatic carbocycles. The van der Waals surface area contributed by atoms with Gasteiger partial charge in [-0.3, -0.25) is 0 Å². The van der Waals surface area contributed by atoms with Crippen molar-refractivity contribution in [2.24, 2.45) is 0 Å². The molecule has 19 heavy (non-hydrogen) atoms. The van der Waals surface area contributed by atoms with Gasteiger partial charge in [0.05, 0.1) is 22.3 Å². The minimum atomic E-state index is -4.48. The van der Waals surface area contributed by atoms with Crippen LogP contribution in [0.15, 0.2) is 23.1 Å². The average molecular weight is 318 g/mol. The first-order valence-corrected chi connectivity index (χ1v) is 7.07. The molecule has 0 bridgehead atoms. The van der Waals surface area contributed by atoms with Crippen LogP contribution in [0.25, 0.3) is 0 Å². The largest absolute Gasteiger partial charge is 0.411 e. The molecular formula is C10H11ClF3NO3S. The SMILES string of the molecule is Nc1ccc(S(=O)(=O)CCOCC(F)(F)F)c(Cl)c1. The maximum atomic E-state index is 11.8. The van der Waals surface area contributed by atoms with E-state index >= 15 is 0 Å². The van der Waals surface area contributed by atoms with Crippen molar-refractivity contribution in [2.45, 2.75) is 11.1 Å². The normalized spacial score (nSPS) is 12.6. The lowest BCUT2D eigenvalue weighted by Crippen LogP contribution is -2.20. The Hall–Kier alpha value is -0.990. The van der Waals surface area contributed by atoms with Crippen LogP contribution in [-0.2, 0) is 14.6 Å². The van der Waals surface area contributed by atoms with Crippen LogP contribution in [0, 0.1) is 0 Å². The number of sulfone groups is 1. The van der Waals surface area contributed by atoms with E-state index in [9.17, 15) is 21.6 Å². The Labute approximate surface area is 113 Å². The van der Waals surface area contributed by atoms with Gasteiger partial charge in [-0.1, -0.05) is 11.6 Å². The maximum absolute atomic E-state index is 11.8. The summed E-state index contributed by atoms with van der Waals surface area (Å²) in [7, 11) is -3.81. The maximum Gasteiger partial charge on any atom is 0.411 e. The van der Waals surface area contributed by atoms with Crippen molar-refractivity contribution in [3.05, 3.63) is 23.2 Å². The Bertz CT molecular complexity index is 545. The van der Waals surface area contributed by atoms with Crippen LogP contribution in [0.3, 0.4) is 0 Å². The highest BCUT2D eigenvalue weighted by molar-refractivity contribution is 7.91. The number of ether oxygens (including phenoxy) is 1. The van der Waals surface area contributed by atoms with Crippen LogP contribution in [0.5, 0.6) is 0 Å². The number of rotatable bonds is 5. The van der Waals surface area contributed by atoms with Crippen molar-refractivity contribution in [1.29, 1.82) is 0 Å². The zero-order chi connectivity index (χ0) is 14.7. The van der Waals surface area contributed by atoms with Gasteiger partial charge in [-0.05, 0) is 18.2 Å². The standard InChI is InChI=1S/C10H11ClF3NO3S/c11-8-5-7(15)1-2-9(8)19(16,17)4-3-18-6-10(12,13)14/h1-2,5H,3-4,6,15H2. The second-order valence-corrected chi connectivity index (χ2v) is 6.16. The summed E-state index contributed by atoms with van der Waals surface area (Å²) >= 11 is 5.72. The number of nitrogen functional groups attached to an aromatic ring is 1. The Morgan fingerprint density at radius 2 is 1.95 bits per heavy atom. The molecule has 0 aliphatic rings. The summed E-state index contributed by atoms with van der Waals surface area (Å²) in [5.74, 6) is -0.591. The van der Waals surface area contributed by atoms with Gasteiger partial charge >= 0.3 is 6.18 Å². The Balaban J connectivity index is 2.66. The lowest BCUT2D eigenvalue weighted by molar-refractivity contribution is -0.172. The molecule has 1 aromatic rings. The number of alkyl halides is 3. The minimum Gasteiger partial charge on any atom is -0.399 e. The topological polar surface area (TPSA) is 69.4 Å². The van der Waals surface area contributed by atoms with Crippen LogP contribution in [0.4, 0.5) is 18.9 Å². The van der Waals surface area contributed by atoms with Gasteiger partial charge in [0.2, 0.25) is 0 Å². The van der Waals surface area contributed by atoms with Gasteiger partial charge in [0.1, 0.15) is 6.61 Å². The quantitative estimate of drug-likeness (QED) is 0.668. The van der Waals surface area contributed by atoms with Gasteiger partial charge in [-0.25, -0.2) is 8.42 Å². The molecule has 0 fully saturated rings. The number of nitrogens with two attached hydrogens (primary N) is 1. The van der Waals surface area contributed by atoms with E-state index in [0.29, 0.717) is 0 Å². The summed E-state index contributed by atoms with van der Waals surface area (Å²) < 4.78 is 63.2. The number of hydrogen-bond acceptors (Lipinski definition) is 4. The van der Waals surface area contributed by atoms with E-state index in [-0.39, 0.29) is 15.6 Å². The molecule has 1 aromatic carbocycles. The van der Waals surface area contributed by atoms with Crippen molar-refractivity contribution >= 4 is 27.1 Å². The predicted octanol–water partition coefficient (Wildman–Crippen LogP) is 2.27. The fourth-order valence-corrected chi connectivity index (χ4v) is 2.97. The van der Waals surface area contributed by atoms with E-state index in [1.807, 2.05) is 0 Å². The third-order valence-corrected chi connectivity index (χ3v) is 4.21. The third kappa shape index (κ3) is 5.25. The van der Waals surface area contributed by atoms with E-state index in [4.69, 9.17) is 17.3 Å². The molecule has 1 rings (SSSR count). The zero-order valence-electron chi connectivity index (χ0n) is 9.58. The van der Waals surface area contributed by atoms with Gasteiger partial charge in [0.15, 0.2) is 9.84 Å². The van der Waals surface area contributed by atoms with Crippen LogP contribution in [-0.4, -0.2) is 33.6 Å². The molecule has 4 nitrogen and oxygen atoms in total. The van der Waals surface area contributed by atoms with Crippen molar-refractivity contribution in [3.8, 4) is 0 Å². The second-order valence-electron chi connectivity index (χ2n) is 3.68. The molecule has 0 saturated carbocycles. The highest BCUT2D eigenvalue weighted by Crippen LogP contribution is 2.24. The summed E-state index contributed by atoms with van der Waals surface area (Å²) in [6.07, 6.45) is -4.48. The van der Waals surface area contributed by atoms with E-state index in [1.165, 1.54) is 18.2 Å². The van der Waals surface area contributed by atoms with Crippen molar-refractivity contribution in [3.63, 3.8) is 0 Å². The first-order valence-electron chi connectivity index (χ1n) is 5.04. The van der Waals surface area contributed by atoms with Gasteiger partial charge < -0.3 is 10.5 Å². The lowest BCUT2D eigenvalue weighted by Gasteiger charge is -2.09. The number of hydrogen-bond donors (Lipinski definition) is 1. The van der Waals surface area contributed by atoms with Crippen molar-refractivity contribution in [1.82, 2.24) is 0 Å². The molecule has 0 atom stereocenters. The van der Waals surface area contributed by atoms with E-state index in [0.717, 1.165) is 0 Å². The monoisotopic (exact) mass is 317 g/mol. The smallest absolute Gasteiger partial charge is 0.399 e. The van der Waals surface area contributed by atoms with E-state index in [2.05, 4.69) is 4.74 Å². The van der Waals surface area contributed by atoms with Crippen molar-refractivity contribution < 1.29 is 26.3 Å². The Morgan fingerprint density at radius 1 is 1.32 bits per heavy atom. The molecule has 0 unspecified atom stereocenters. The zero-order valence-corrected chi connectivity index (χ0v) is 11.1. The fraction of sp³-hybridized carbons (Fsp3) is 0.400. The molecule has 0 radical (unpaired) electrons. The molecule has 9 heteroatoms. The molecule has 2 N–H and O–H groups in total. The second kappa shape index (κ2) is 5.98. The van der Waals surface area contributed by atoms with E-state index in [1.54, 1.807) is 0 Å². The van der Waals surface area contributed by atoms with Gasteiger partial charge in [-0.15, -0.1) is 0 Å². The summed E-state index contributed by atoms with van der Waals surface area (Å²) in [5, 5.41) is -0.0733. The summed E-state index contributed by atoms with van der Waals surface area (Å²) in [6, 6.07) is 3.80. The molecule has 0 spiro atoms. The van der Waals surface area contributed by atoms with Crippen molar-refractivity contribution in [2.75, 3.05) is 24.7 Å². The molecule has 0 amide bonds. The average Bonchev–Trinajstić information content (AvgIpc) is 2.22. The number of anilines is 1. The lowest BCUT2D eigenvalue weighted by atomic mass is 10.3. The number of benzene rings is 1. The molecule has 0 aromatic heterocycles. The predicted molar refractivity (Wildman–Crippen MR) is 64.8 cm³/mol. The highest BCUT2D eigenvalue weighted by atomic mass is 35.5. The van der Waals surface area contributed by atoms with Gasteiger partial charge in [0, 0.05) is 5.69 Å². The van der Waals surface area contributed by atoms with Gasteiger partial charge in [0.25, 0.3) is 0 Å². The minimum absolute atomic E-state index is 0.0733. The fourth-order valence-electron chi connectivity index (χ4n) is 1.24. The third-order valence-electron chi connectivity index (χ3n) is 2.05. The van der Waals surface area contributed by atoms with E-state index < -0.39 is 35.0 Å². The summed E-state index contributed by atoms with van der Waals surface area (Å²) in [5.41, 5.74) is 5.70. The van der Waals surface area contributed by atoms with Crippen LogP contribution < -0.4 is 5.73 Å². The Morgan fingerprint density at radius 3 is 2.47 bits per heavy atom. The molecular weight excluding hydrogens is 307 g/mol. The summed E-state index contributed by atoms with van der Waals surface area (Å²) in [4.78, 5) is -0.182. The van der Waals surface area contributed by atoms with Crippen LogP contribution >= 0.6 is 11.6 Å². The Kier molecular flexibility index (Phi) is 5.05. The first-order chi connectivity index (χ1) is 8.62.